The Kier molecular flexibility index (Phi) is 5.16. The van der Waals surface area contributed by atoms with Gasteiger partial charge in [0.15, 0.2) is 0 Å². The van der Waals surface area contributed by atoms with Gasteiger partial charge in [-0.15, -0.1) is 0 Å². The summed E-state index contributed by atoms with van der Waals surface area (Å²) in [7, 11) is 0. The summed E-state index contributed by atoms with van der Waals surface area (Å²) in [6.45, 7) is 3.20. The molecule has 2 aromatic carbocycles. The summed E-state index contributed by atoms with van der Waals surface area (Å²) >= 11 is 6.10. The van der Waals surface area contributed by atoms with E-state index in [1.54, 1.807) is 10.9 Å². The van der Waals surface area contributed by atoms with Crippen molar-refractivity contribution in [1.29, 1.82) is 0 Å². The van der Waals surface area contributed by atoms with E-state index in [1.165, 1.54) is 0 Å². The highest BCUT2D eigenvalue weighted by molar-refractivity contribution is 6.32. The summed E-state index contributed by atoms with van der Waals surface area (Å²) in [6.07, 6.45) is 3.29. The van der Waals surface area contributed by atoms with Crippen molar-refractivity contribution in [2.24, 2.45) is 0 Å². The normalized spacial score (nSPS) is 10.9. The van der Waals surface area contributed by atoms with E-state index in [4.69, 9.17) is 16.3 Å². The number of fused-ring (bicyclic) bond motifs is 1. The van der Waals surface area contributed by atoms with Gasteiger partial charge in [-0.1, -0.05) is 29.8 Å². The number of nitrogens with zero attached hydrogens (tertiary/aromatic N) is 2. The number of rotatable bonds is 6. The monoisotopic (exact) mass is 342 g/mol. The fourth-order valence-electron chi connectivity index (χ4n) is 2.55. The van der Waals surface area contributed by atoms with Gasteiger partial charge in [-0.2, -0.15) is 0 Å². The molecule has 0 spiro atoms. The van der Waals surface area contributed by atoms with Gasteiger partial charge in [0, 0.05) is 6.54 Å². The summed E-state index contributed by atoms with van der Waals surface area (Å²) in [4.78, 5) is 16.7. The molecular weight excluding hydrogens is 324 g/mol. The zero-order chi connectivity index (χ0) is 16.9. The number of aromatic nitrogens is 2. The first-order valence-electron chi connectivity index (χ1n) is 7.98. The van der Waals surface area contributed by atoms with Gasteiger partial charge in [0.2, 0.25) is 0 Å². The van der Waals surface area contributed by atoms with Crippen LogP contribution in [0.1, 0.15) is 18.4 Å². The molecule has 24 heavy (non-hydrogen) atoms. The molecule has 4 nitrogen and oxygen atoms in total. The molecule has 1 heterocycles. The van der Waals surface area contributed by atoms with Crippen LogP contribution in [0, 0.1) is 6.92 Å². The van der Waals surface area contributed by atoms with Crippen molar-refractivity contribution >= 4 is 22.5 Å². The van der Waals surface area contributed by atoms with Crippen molar-refractivity contribution in [3.05, 3.63) is 69.7 Å². The van der Waals surface area contributed by atoms with Crippen LogP contribution in [-0.2, 0) is 6.54 Å². The molecule has 0 aliphatic rings. The van der Waals surface area contributed by atoms with E-state index in [9.17, 15) is 4.79 Å². The first-order valence-corrected chi connectivity index (χ1v) is 8.36. The predicted octanol–water partition coefficient (Wildman–Crippen LogP) is 4.22. The zero-order valence-corrected chi connectivity index (χ0v) is 14.3. The minimum atomic E-state index is 0.00301. The number of halogens is 1. The van der Waals surface area contributed by atoms with E-state index >= 15 is 0 Å². The van der Waals surface area contributed by atoms with Crippen molar-refractivity contribution < 1.29 is 4.74 Å². The van der Waals surface area contributed by atoms with Crippen molar-refractivity contribution in [2.75, 3.05) is 6.61 Å². The van der Waals surface area contributed by atoms with Crippen molar-refractivity contribution in [1.82, 2.24) is 9.55 Å². The van der Waals surface area contributed by atoms with Gasteiger partial charge >= 0.3 is 0 Å². The van der Waals surface area contributed by atoms with Crippen LogP contribution in [0.3, 0.4) is 0 Å². The Balaban J connectivity index is 1.54. The van der Waals surface area contributed by atoms with E-state index in [2.05, 4.69) is 4.98 Å². The van der Waals surface area contributed by atoms with Crippen LogP contribution in [0.4, 0.5) is 0 Å². The molecule has 3 rings (SSSR count). The molecule has 0 aliphatic carbocycles. The topological polar surface area (TPSA) is 44.1 Å². The van der Waals surface area contributed by atoms with Crippen molar-refractivity contribution in [2.45, 2.75) is 26.3 Å². The average Bonchev–Trinajstić information content (AvgIpc) is 2.59. The lowest BCUT2D eigenvalue weighted by Crippen LogP contribution is -2.20. The number of unbranched alkanes of at least 4 members (excludes halogenated alkanes) is 1. The second-order valence-electron chi connectivity index (χ2n) is 5.75. The Hall–Kier alpha value is -2.33. The lowest BCUT2D eigenvalue weighted by atomic mass is 10.2. The molecule has 0 unspecified atom stereocenters. The fourth-order valence-corrected chi connectivity index (χ4v) is 2.73. The fraction of sp³-hybridized carbons (Fsp3) is 0.263. The van der Waals surface area contributed by atoms with Crippen LogP contribution in [0.2, 0.25) is 5.02 Å². The Morgan fingerprint density at radius 3 is 2.88 bits per heavy atom. The van der Waals surface area contributed by atoms with Crippen molar-refractivity contribution in [3.8, 4) is 5.75 Å². The SMILES string of the molecule is Cc1ccc(Cl)c(OCCCCn2cnc3ccccc3c2=O)c1. The second-order valence-corrected chi connectivity index (χ2v) is 6.16. The minimum Gasteiger partial charge on any atom is -0.492 e. The molecule has 0 N–H and O–H groups in total. The largest absolute Gasteiger partial charge is 0.492 e. The highest BCUT2D eigenvalue weighted by Gasteiger charge is 2.04. The van der Waals surface area contributed by atoms with Gasteiger partial charge in [-0.05, 0) is 49.6 Å². The van der Waals surface area contributed by atoms with Gasteiger partial charge in [0.1, 0.15) is 5.75 Å². The molecule has 3 aromatic rings. The Labute approximate surface area is 145 Å². The molecule has 1 aromatic heterocycles. The number of para-hydroxylation sites is 1. The molecule has 0 aliphatic heterocycles. The number of benzene rings is 2. The molecule has 0 atom stereocenters. The highest BCUT2D eigenvalue weighted by atomic mass is 35.5. The lowest BCUT2D eigenvalue weighted by molar-refractivity contribution is 0.303. The molecule has 5 heteroatoms. The van der Waals surface area contributed by atoms with Crippen LogP contribution >= 0.6 is 11.6 Å². The number of hydrogen-bond acceptors (Lipinski definition) is 3. The van der Waals surface area contributed by atoms with Gasteiger partial charge < -0.3 is 4.74 Å². The minimum absolute atomic E-state index is 0.00301. The van der Waals surface area contributed by atoms with Gasteiger partial charge in [-0.25, -0.2) is 4.98 Å². The molecule has 0 fully saturated rings. The first kappa shape index (κ1) is 16.5. The molecule has 0 saturated heterocycles. The number of hydrogen-bond donors (Lipinski definition) is 0. The Morgan fingerprint density at radius 2 is 2.00 bits per heavy atom. The van der Waals surface area contributed by atoms with Gasteiger partial charge in [0.05, 0.1) is 28.9 Å². The van der Waals surface area contributed by atoms with E-state index in [1.807, 2.05) is 49.4 Å². The third kappa shape index (κ3) is 3.77. The van der Waals surface area contributed by atoms with Crippen LogP contribution in [0.5, 0.6) is 5.75 Å². The maximum absolute atomic E-state index is 12.4. The Morgan fingerprint density at radius 1 is 1.17 bits per heavy atom. The molecule has 0 radical (unpaired) electrons. The molecular formula is C19H19ClN2O2. The maximum atomic E-state index is 12.4. The maximum Gasteiger partial charge on any atom is 0.261 e. The van der Waals surface area contributed by atoms with Gasteiger partial charge in [0.25, 0.3) is 5.56 Å². The lowest BCUT2D eigenvalue weighted by Gasteiger charge is -2.09. The van der Waals surface area contributed by atoms with Crippen LogP contribution in [-0.4, -0.2) is 16.2 Å². The summed E-state index contributed by atoms with van der Waals surface area (Å²) in [5.41, 5.74) is 1.85. The first-order chi connectivity index (χ1) is 11.6. The number of ether oxygens (including phenoxy) is 1. The molecule has 124 valence electrons. The van der Waals surface area contributed by atoms with Crippen LogP contribution < -0.4 is 10.3 Å². The molecule has 0 amide bonds. The standard InChI is InChI=1S/C19H19ClN2O2/c1-14-8-9-16(20)18(12-14)24-11-5-4-10-22-13-21-17-7-3-2-6-15(17)19(22)23/h2-3,6-9,12-13H,4-5,10-11H2,1H3. The third-order valence-electron chi connectivity index (χ3n) is 3.87. The summed E-state index contributed by atoms with van der Waals surface area (Å²) in [5.74, 6) is 0.709. The van der Waals surface area contributed by atoms with E-state index in [0.717, 1.165) is 23.9 Å². The Bertz CT molecular complexity index is 905. The van der Waals surface area contributed by atoms with Crippen LogP contribution in [0.25, 0.3) is 10.9 Å². The van der Waals surface area contributed by atoms with E-state index in [0.29, 0.717) is 29.3 Å². The average molecular weight is 343 g/mol. The molecule has 0 saturated carbocycles. The van der Waals surface area contributed by atoms with Crippen molar-refractivity contribution in [3.63, 3.8) is 0 Å². The predicted molar refractivity (Wildman–Crippen MR) is 96.9 cm³/mol. The second kappa shape index (κ2) is 7.49. The summed E-state index contributed by atoms with van der Waals surface area (Å²) in [5, 5.41) is 1.28. The van der Waals surface area contributed by atoms with Crippen LogP contribution in [0.15, 0.2) is 53.6 Å². The highest BCUT2D eigenvalue weighted by Crippen LogP contribution is 2.25. The van der Waals surface area contributed by atoms with E-state index < -0.39 is 0 Å². The smallest absolute Gasteiger partial charge is 0.261 e. The quantitative estimate of drug-likeness (QED) is 0.630. The third-order valence-corrected chi connectivity index (χ3v) is 4.18. The van der Waals surface area contributed by atoms with Gasteiger partial charge in [-0.3, -0.25) is 9.36 Å². The summed E-state index contributed by atoms with van der Waals surface area (Å²) < 4.78 is 7.38. The molecule has 0 bridgehead atoms. The number of aryl methyl sites for hydroxylation is 2. The summed E-state index contributed by atoms with van der Waals surface area (Å²) in [6, 6.07) is 13.1. The van der Waals surface area contributed by atoms with E-state index in [-0.39, 0.29) is 5.56 Å². The zero-order valence-electron chi connectivity index (χ0n) is 13.5.